The molecule has 1 spiro atoms. The molecule has 0 radical (unpaired) electrons. The van der Waals surface area contributed by atoms with Crippen LogP contribution in [0.4, 0.5) is 0 Å². The van der Waals surface area contributed by atoms with Gasteiger partial charge in [-0.15, -0.1) is 12.4 Å². The van der Waals surface area contributed by atoms with E-state index < -0.39 is 0 Å². The third-order valence-corrected chi connectivity index (χ3v) is 7.13. The van der Waals surface area contributed by atoms with Gasteiger partial charge < -0.3 is 10.2 Å². The number of halogens is 1. The van der Waals surface area contributed by atoms with E-state index >= 15 is 0 Å². The molecule has 2 unspecified atom stereocenters. The summed E-state index contributed by atoms with van der Waals surface area (Å²) in [7, 11) is 0. The van der Waals surface area contributed by atoms with Gasteiger partial charge in [0.1, 0.15) is 0 Å². The van der Waals surface area contributed by atoms with Crippen molar-refractivity contribution in [2.45, 2.75) is 89.1 Å². The van der Waals surface area contributed by atoms with Crippen LogP contribution < -0.4 is 5.32 Å². The summed E-state index contributed by atoms with van der Waals surface area (Å²) in [5.74, 6) is 1.11. The number of fused-ring (bicyclic) bond motifs is 2. The number of hydrogen-bond donors (Lipinski definition) is 1. The molecule has 0 aromatic heterocycles. The van der Waals surface area contributed by atoms with Crippen molar-refractivity contribution in [2.24, 2.45) is 11.3 Å². The molecule has 23 heavy (non-hydrogen) atoms. The molecule has 0 aromatic carbocycles. The summed E-state index contributed by atoms with van der Waals surface area (Å²) >= 11 is 0. The number of carbonyl (C=O) groups excluding carboxylic acids is 1. The minimum atomic E-state index is 0. The molecule has 4 rings (SSSR count). The Morgan fingerprint density at radius 1 is 0.957 bits per heavy atom. The molecule has 1 amide bonds. The zero-order chi connectivity index (χ0) is 15.0. The van der Waals surface area contributed by atoms with Crippen molar-refractivity contribution in [2.75, 3.05) is 13.1 Å². The van der Waals surface area contributed by atoms with Gasteiger partial charge in [-0.1, -0.05) is 19.3 Å². The van der Waals surface area contributed by atoms with Gasteiger partial charge in [0.05, 0.1) is 0 Å². The molecule has 4 heteroatoms. The smallest absolute Gasteiger partial charge is 0.222 e. The SMILES string of the molecule is Cl.O=C(CC1CC2CCC(C1)N2)N1CCC2(CCCCC2)CC1. The number of amides is 1. The van der Waals surface area contributed by atoms with Gasteiger partial charge in [0, 0.05) is 31.6 Å². The van der Waals surface area contributed by atoms with E-state index in [0.29, 0.717) is 29.3 Å². The lowest BCUT2D eigenvalue weighted by Gasteiger charge is -2.44. The van der Waals surface area contributed by atoms with Gasteiger partial charge in [0.15, 0.2) is 0 Å². The highest BCUT2D eigenvalue weighted by atomic mass is 35.5. The Labute approximate surface area is 147 Å². The van der Waals surface area contributed by atoms with Gasteiger partial charge in [0.2, 0.25) is 5.91 Å². The standard InChI is InChI=1S/C19H32N2O.ClH/c22-18(14-15-12-16-4-5-17(13-15)20-16)21-10-8-19(9-11-21)6-2-1-3-7-19;/h15-17,20H,1-14H2;1H. The number of carbonyl (C=O) groups is 1. The van der Waals surface area contributed by atoms with Crippen LogP contribution >= 0.6 is 12.4 Å². The molecule has 3 nitrogen and oxygen atoms in total. The van der Waals surface area contributed by atoms with Crippen LogP contribution in [0.5, 0.6) is 0 Å². The second-order valence-electron chi connectivity index (χ2n) is 8.62. The summed E-state index contributed by atoms with van der Waals surface area (Å²) in [6, 6.07) is 1.42. The molecule has 0 aromatic rings. The van der Waals surface area contributed by atoms with Crippen LogP contribution in [0.2, 0.25) is 0 Å². The van der Waals surface area contributed by atoms with E-state index in [2.05, 4.69) is 10.2 Å². The van der Waals surface area contributed by atoms with Gasteiger partial charge in [-0.25, -0.2) is 0 Å². The number of hydrogen-bond acceptors (Lipinski definition) is 2. The maximum absolute atomic E-state index is 12.7. The van der Waals surface area contributed by atoms with Crippen molar-refractivity contribution in [3.63, 3.8) is 0 Å². The average Bonchev–Trinajstić information content (AvgIpc) is 2.87. The maximum atomic E-state index is 12.7. The normalized spacial score (nSPS) is 35.8. The topological polar surface area (TPSA) is 32.3 Å². The van der Waals surface area contributed by atoms with Crippen LogP contribution in [0, 0.1) is 11.3 Å². The second-order valence-corrected chi connectivity index (χ2v) is 8.62. The summed E-state index contributed by atoms with van der Waals surface area (Å²) in [6.45, 7) is 2.08. The van der Waals surface area contributed by atoms with Crippen molar-refractivity contribution >= 4 is 18.3 Å². The van der Waals surface area contributed by atoms with Crippen LogP contribution in [-0.2, 0) is 4.79 Å². The highest BCUT2D eigenvalue weighted by Gasteiger charge is 2.38. The molecule has 3 saturated heterocycles. The Morgan fingerprint density at radius 2 is 1.57 bits per heavy atom. The summed E-state index contributed by atoms with van der Waals surface area (Å²) in [5.41, 5.74) is 0.614. The largest absolute Gasteiger partial charge is 0.343 e. The second kappa shape index (κ2) is 7.31. The maximum Gasteiger partial charge on any atom is 0.222 e. The first-order valence-electron chi connectivity index (χ1n) is 9.76. The number of nitrogens with one attached hydrogen (secondary N) is 1. The van der Waals surface area contributed by atoms with Crippen molar-refractivity contribution in [3.05, 3.63) is 0 Å². The molecule has 3 heterocycles. The Balaban J connectivity index is 0.00000156. The summed E-state index contributed by atoms with van der Waals surface area (Å²) < 4.78 is 0. The molecule has 1 saturated carbocycles. The quantitative estimate of drug-likeness (QED) is 0.826. The molecular weight excluding hydrogens is 308 g/mol. The van der Waals surface area contributed by atoms with Crippen molar-refractivity contribution in [1.82, 2.24) is 10.2 Å². The van der Waals surface area contributed by atoms with Gasteiger partial charge in [0.25, 0.3) is 0 Å². The summed E-state index contributed by atoms with van der Waals surface area (Å²) in [6.07, 6.45) is 15.6. The van der Waals surface area contributed by atoms with Crippen LogP contribution in [0.15, 0.2) is 0 Å². The zero-order valence-electron chi connectivity index (χ0n) is 14.4. The van der Waals surface area contributed by atoms with Crippen LogP contribution in [-0.4, -0.2) is 36.0 Å². The Hall–Kier alpha value is -0.280. The highest BCUT2D eigenvalue weighted by Crippen LogP contribution is 2.44. The van der Waals surface area contributed by atoms with Crippen molar-refractivity contribution in [1.29, 1.82) is 0 Å². The van der Waals surface area contributed by atoms with Gasteiger partial charge in [-0.2, -0.15) is 0 Å². The number of nitrogens with zero attached hydrogens (tertiary/aromatic N) is 1. The lowest BCUT2D eigenvalue weighted by Crippen LogP contribution is -2.45. The zero-order valence-corrected chi connectivity index (χ0v) is 15.2. The Morgan fingerprint density at radius 3 is 2.17 bits per heavy atom. The van der Waals surface area contributed by atoms with Gasteiger partial charge in [-0.3, -0.25) is 4.79 Å². The molecule has 4 fully saturated rings. The molecule has 4 aliphatic rings. The molecule has 3 aliphatic heterocycles. The lowest BCUT2D eigenvalue weighted by molar-refractivity contribution is -0.135. The van der Waals surface area contributed by atoms with Crippen LogP contribution in [0.3, 0.4) is 0 Å². The first-order chi connectivity index (χ1) is 10.7. The molecule has 1 N–H and O–H groups in total. The molecule has 132 valence electrons. The number of likely N-dealkylation sites (tertiary alicyclic amines) is 1. The fraction of sp³-hybridized carbons (Fsp3) is 0.947. The van der Waals surface area contributed by atoms with E-state index in [1.54, 1.807) is 0 Å². The fourth-order valence-electron chi connectivity index (χ4n) is 5.75. The molecular formula is C19H33ClN2O. The molecule has 1 aliphatic carbocycles. The van der Waals surface area contributed by atoms with E-state index in [9.17, 15) is 4.79 Å². The van der Waals surface area contributed by atoms with Crippen molar-refractivity contribution < 1.29 is 4.79 Å². The van der Waals surface area contributed by atoms with Gasteiger partial charge >= 0.3 is 0 Å². The van der Waals surface area contributed by atoms with E-state index in [1.165, 1.54) is 70.6 Å². The number of piperidine rings is 2. The monoisotopic (exact) mass is 340 g/mol. The first-order valence-corrected chi connectivity index (χ1v) is 9.76. The highest BCUT2D eigenvalue weighted by molar-refractivity contribution is 5.85. The third kappa shape index (κ3) is 3.87. The average molecular weight is 341 g/mol. The fourth-order valence-corrected chi connectivity index (χ4v) is 5.75. The van der Waals surface area contributed by atoms with E-state index in [0.717, 1.165) is 19.5 Å². The first kappa shape index (κ1) is 17.5. The predicted molar refractivity (Wildman–Crippen MR) is 95.9 cm³/mol. The lowest BCUT2D eigenvalue weighted by atomic mass is 9.68. The predicted octanol–water partition coefficient (Wildman–Crippen LogP) is 3.90. The van der Waals surface area contributed by atoms with Crippen LogP contribution in [0.1, 0.15) is 77.0 Å². The van der Waals surface area contributed by atoms with Gasteiger partial charge in [-0.05, 0) is 62.7 Å². The van der Waals surface area contributed by atoms with E-state index in [-0.39, 0.29) is 12.4 Å². The molecule has 2 atom stereocenters. The van der Waals surface area contributed by atoms with E-state index in [4.69, 9.17) is 0 Å². The Kier molecular flexibility index (Phi) is 5.57. The van der Waals surface area contributed by atoms with E-state index in [1.807, 2.05) is 0 Å². The summed E-state index contributed by atoms with van der Waals surface area (Å²) in [4.78, 5) is 14.9. The summed E-state index contributed by atoms with van der Waals surface area (Å²) in [5, 5.41) is 3.69. The third-order valence-electron chi connectivity index (χ3n) is 7.13. The Bertz CT molecular complexity index is 400. The van der Waals surface area contributed by atoms with Crippen molar-refractivity contribution in [3.8, 4) is 0 Å². The van der Waals surface area contributed by atoms with Crippen LogP contribution in [0.25, 0.3) is 0 Å². The molecule has 2 bridgehead atoms. The minimum absolute atomic E-state index is 0. The minimum Gasteiger partial charge on any atom is -0.343 e. The number of rotatable bonds is 2.